The van der Waals surface area contributed by atoms with Gasteiger partial charge in [-0.25, -0.2) is 13.2 Å². The van der Waals surface area contributed by atoms with E-state index in [1.54, 1.807) is 49.4 Å². The standard InChI is InChI=1S/C17H18N2O4S.Na/c1-3-23-17(20)16(14-7-5-4-6-8-14)18-19-24(21,22)15-11-9-13(2)10-12-15;/h4-12H,3H2,1-2H3,(H,19,20);/q;+1/p-1. The van der Waals surface area contributed by atoms with Crippen LogP contribution in [-0.4, -0.2) is 26.7 Å². The molecule has 0 amide bonds. The van der Waals surface area contributed by atoms with Crippen LogP contribution >= 0.6 is 0 Å². The Bertz CT molecular complexity index is 835. The number of ether oxygens (including phenoxy) is 1. The van der Waals surface area contributed by atoms with Crippen LogP contribution in [0.2, 0.25) is 0 Å². The van der Waals surface area contributed by atoms with Crippen LogP contribution in [0, 0.1) is 6.92 Å². The molecule has 2 aromatic rings. The topological polar surface area (TPSA) is 86.9 Å². The molecule has 0 saturated heterocycles. The fourth-order valence-electron chi connectivity index (χ4n) is 1.86. The molecule has 0 aliphatic rings. The van der Waals surface area contributed by atoms with Crippen LogP contribution in [0.3, 0.4) is 0 Å². The first kappa shape index (κ1) is 21.4. The van der Waals surface area contributed by atoms with Crippen LogP contribution in [-0.2, 0) is 19.6 Å². The molecular weight excluding hydrogens is 351 g/mol. The SMILES string of the molecule is CCOC(=O)/C(=N\[N-]S(=O)(=O)c1ccc(C)cc1)c1ccccc1.[Na+]. The molecule has 0 fully saturated rings. The molecule has 0 aromatic heterocycles. The molecule has 0 bridgehead atoms. The minimum absolute atomic E-state index is 0. The zero-order valence-corrected chi connectivity index (χ0v) is 17.2. The van der Waals surface area contributed by atoms with Gasteiger partial charge in [-0.3, -0.25) is 0 Å². The molecule has 25 heavy (non-hydrogen) atoms. The Labute approximate surface area is 169 Å². The Morgan fingerprint density at radius 1 is 1.08 bits per heavy atom. The van der Waals surface area contributed by atoms with Crippen molar-refractivity contribution in [2.24, 2.45) is 5.10 Å². The van der Waals surface area contributed by atoms with Crippen molar-refractivity contribution in [2.75, 3.05) is 6.61 Å². The maximum absolute atomic E-state index is 12.2. The fraction of sp³-hybridized carbons (Fsp3) is 0.176. The molecule has 0 atom stereocenters. The summed E-state index contributed by atoms with van der Waals surface area (Å²) in [5, 5.41) is 3.66. The van der Waals surface area contributed by atoms with Gasteiger partial charge in [-0.15, -0.1) is 0 Å². The predicted molar refractivity (Wildman–Crippen MR) is 91.3 cm³/mol. The Kier molecular flexibility index (Phi) is 8.31. The minimum atomic E-state index is -4.00. The predicted octanol–water partition coefficient (Wildman–Crippen LogP) is 0.0288. The molecule has 0 aliphatic carbocycles. The number of nitrogens with zero attached hydrogens (tertiary/aromatic N) is 2. The Hall–Kier alpha value is -1.67. The van der Waals surface area contributed by atoms with Gasteiger partial charge in [0.15, 0.2) is 0 Å². The second kappa shape index (κ2) is 9.72. The van der Waals surface area contributed by atoms with E-state index < -0.39 is 16.0 Å². The van der Waals surface area contributed by atoms with E-state index in [0.29, 0.717) is 5.56 Å². The molecular formula is C17H17N2NaO4S. The van der Waals surface area contributed by atoms with Gasteiger partial charge in [0, 0.05) is 5.56 Å². The number of hydrogen-bond donors (Lipinski definition) is 0. The molecule has 0 saturated carbocycles. The second-order valence-corrected chi connectivity index (χ2v) is 6.49. The normalized spacial score (nSPS) is 11.4. The summed E-state index contributed by atoms with van der Waals surface area (Å²) in [6.45, 7) is 3.65. The van der Waals surface area contributed by atoms with Gasteiger partial charge in [-0.2, -0.15) is 0 Å². The van der Waals surface area contributed by atoms with E-state index >= 15 is 0 Å². The van der Waals surface area contributed by atoms with Crippen LogP contribution in [0.25, 0.3) is 4.83 Å². The van der Waals surface area contributed by atoms with E-state index in [4.69, 9.17) is 4.74 Å². The molecule has 0 unspecified atom stereocenters. The summed E-state index contributed by atoms with van der Waals surface area (Å²) >= 11 is 0. The molecule has 0 N–H and O–H groups in total. The first-order valence-corrected chi connectivity index (χ1v) is 8.72. The molecule has 0 heterocycles. The summed E-state index contributed by atoms with van der Waals surface area (Å²) in [5.74, 6) is -0.730. The van der Waals surface area contributed by atoms with Gasteiger partial charge >= 0.3 is 35.5 Å². The molecule has 2 rings (SSSR count). The molecule has 126 valence electrons. The number of hydrogen-bond acceptors (Lipinski definition) is 5. The second-order valence-electron chi connectivity index (χ2n) is 4.90. The number of carbonyl (C=O) groups excluding carboxylic acids is 1. The van der Waals surface area contributed by atoms with Crippen LogP contribution in [0.4, 0.5) is 0 Å². The third-order valence-electron chi connectivity index (χ3n) is 3.08. The van der Waals surface area contributed by atoms with Gasteiger partial charge in [0.2, 0.25) is 0 Å². The van der Waals surface area contributed by atoms with Crippen molar-refractivity contribution in [3.63, 3.8) is 0 Å². The van der Waals surface area contributed by atoms with E-state index in [1.165, 1.54) is 12.1 Å². The molecule has 0 spiro atoms. The third-order valence-corrected chi connectivity index (χ3v) is 4.25. The molecule has 6 nitrogen and oxygen atoms in total. The summed E-state index contributed by atoms with van der Waals surface area (Å²) < 4.78 is 29.4. The van der Waals surface area contributed by atoms with E-state index in [2.05, 4.69) is 9.93 Å². The van der Waals surface area contributed by atoms with Crippen molar-refractivity contribution in [3.05, 3.63) is 70.6 Å². The first-order valence-electron chi connectivity index (χ1n) is 7.28. The Morgan fingerprint density at radius 2 is 1.68 bits per heavy atom. The maximum Gasteiger partial charge on any atom is 1.00 e. The van der Waals surface area contributed by atoms with Gasteiger partial charge in [0.05, 0.1) is 11.5 Å². The number of carbonyl (C=O) groups is 1. The van der Waals surface area contributed by atoms with Crippen molar-refractivity contribution in [1.82, 2.24) is 0 Å². The number of benzene rings is 2. The zero-order valence-electron chi connectivity index (χ0n) is 14.3. The number of aryl methyl sites for hydroxylation is 1. The van der Waals surface area contributed by atoms with Gasteiger partial charge in [0.25, 0.3) is 0 Å². The summed E-state index contributed by atoms with van der Waals surface area (Å²) in [6.07, 6.45) is 0. The summed E-state index contributed by atoms with van der Waals surface area (Å²) in [5.41, 5.74) is 1.20. The summed E-state index contributed by atoms with van der Waals surface area (Å²) in [4.78, 5) is 15.4. The molecule has 0 radical (unpaired) electrons. The van der Waals surface area contributed by atoms with Crippen molar-refractivity contribution in [2.45, 2.75) is 18.7 Å². The first-order chi connectivity index (χ1) is 11.4. The van der Waals surface area contributed by atoms with Gasteiger partial charge in [-0.1, -0.05) is 48.0 Å². The van der Waals surface area contributed by atoms with Crippen molar-refractivity contribution >= 4 is 21.7 Å². The number of rotatable bonds is 6. The van der Waals surface area contributed by atoms with E-state index in [1.807, 2.05) is 6.92 Å². The van der Waals surface area contributed by atoms with Crippen LogP contribution in [0.1, 0.15) is 18.1 Å². The van der Waals surface area contributed by atoms with Gasteiger partial charge < -0.3 is 14.7 Å². The summed E-state index contributed by atoms with van der Waals surface area (Å²) in [6, 6.07) is 14.6. The molecule has 2 aromatic carbocycles. The average Bonchev–Trinajstić information content (AvgIpc) is 2.56. The fourth-order valence-corrected chi connectivity index (χ4v) is 2.63. The van der Waals surface area contributed by atoms with Gasteiger partial charge in [0.1, 0.15) is 15.7 Å². The van der Waals surface area contributed by atoms with E-state index in [-0.39, 0.29) is 46.8 Å². The maximum atomic E-state index is 12.2. The van der Waals surface area contributed by atoms with Crippen molar-refractivity contribution in [1.29, 1.82) is 0 Å². The van der Waals surface area contributed by atoms with Crippen LogP contribution in [0.15, 0.2) is 64.6 Å². The van der Waals surface area contributed by atoms with E-state index in [0.717, 1.165) is 5.56 Å². The van der Waals surface area contributed by atoms with Gasteiger partial charge in [-0.05, 0) is 26.0 Å². The monoisotopic (exact) mass is 368 g/mol. The average molecular weight is 368 g/mol. The van der Waals surface area contributed by atoms with Crippen LogP contribution in [0.5, 0.6) is 0 Å². The van der Waals surface area contributed by atoms with Crippen molar-refractivity contribution < 1.29 is 47.5 Å². The molecule has 0 aliphatic heterocycles. The Balaban J connectivity index is 0.00000312. The Morgan fingerprint density at radius 3 is 2.24 bits per heavy atom. The third kappa shape index (κ3) is 5.97. The smallest absolute Gasteiger partial charge is 0.490 e. The van der Waals surface area contributed by atoms with Crippen LogP contribution < -0.4 is 29.6 Å². The van der Waals surface area contributed by atoms with Crippen molar-refractivity contribution in [3.8, 4) is 0 Å². The quantitative estimate of drug-likeness (QED) is 0.312. The largest absolute Gasteiger partial charge is 1.00 e. The van der Waals surface area contributed by atoms with E-state index in [9.17, 15) is 13.2 Å². The summed E-state index contributed by atoms with van der Waals surface area (Å²) in [7, 11) is -4.00. The number of esters is 1. The zero-order chi connectivity index (χ0) is 17.6. The minimum Gasteiger partial charge on any atom is -0.490 e. The molecule has 8 heteroatoms. The number of sulfonamides is 1.